The van der Waals surface area contributed by atoms with E-state index in [1.807, 2.05) is 0 Å². The molecule has 33 heavy (non-hydrogen) atoms. The predicted molar refractivity (Wildman–Crippen MR) is 124 cm³/mol. The largest absolute Gasteiger partial charge is 0.392 e. The molecule has 2 atom stereocenters. The number of rotatable bonds is 8. The first-order chi connectivity index (χ1) is 15.4. The molecular formula is C24H32FN3O5. The molecule has 9 heteroatoms. The van der Waals surface area contributed by atoms with Crippen LogP contribution in [0.3, 0.4) is 0 Å². The average molecular weight is 462 g/mol. The van der Waals surface area contributed by atoms with E-state index in [1.54, 1.807) is 45.0 Å². The quantitative estimate of drug-likeness (QED) is 0.233. The Hall–Kier alpha value is -3.30. The van der Waals surface area contributed by atoms with Crippen LogP contribution in [-0.2, 0) is 20.8 Å². The molecule has 0 aromatic heterocycles. The summed E-state index contributed by atoms with van der Waals surface area (Å²) in [7, 11) is 0. The van der Waals surface area contributed by atoms with Gasteiger partial charge in [-0.05, 0) is 40.3 Å². The van der Waals surface area contributed by atoms with Crippen LogP contribution in [0.15, 0.2) is 49.1 Å². The molecule has 2 rings (SSSR count). The highest BCUT2D eigenvalue weighted by molar-refractivity contribution is 5.90. The van der Waals surface area contributed by atoms with Crippen LogP contribution in [0.5, 0.6) is 0 Å². The number of nitrogens with two attached hydrogens (primary N) is 1. The minimum atomic E-state index is -0.922. The maximum atomic E-state index is 13.4. The van der Waals surface area contributed by atoms with Crippen molar-refractivity contribution in [1.82, 2.24) is 10.8 Å². The third-order valence-electron chi connectivity index (χ3n) is 4.84. The lowest BCUT2D eigenvalue weighted by molar-refractivity contribution is -0.136. The van der Waals surface area contributed by atoms with Gasteiger partial charge in [0.2, 0.25) is 17.7 Å². The summed E-state index contributed by atoms with van der Waals surface area (Å²) in [6.07, 6.45) is 1.33. The fourth-order valence-corrected chi connectivity index (χ4v) is 3.18. The molecule has 180 valence electrons. The summed E-state index contributed by atoms with van der Waals surface area (Å²) in [5.74, 6) is -3.11. The van der Waals surface area contributed by atoms with Crippen LogP contribution in [0.25, 0.3) is 10.8 Å². The molecule has 0 spiro atoms. The second-order valence-corrected chi connectivity index (χ2v) is 8.65. The summed E-state index contributed by atoms with van der Waals surface area (Å²) in [6.45, 7) is 8.61. The first kappa shape index (κ1) is 27.7. The van der Waals surface area contributed by atoms with Crippen LogP contribution in [-0.4, -0.2) is 40.7 Å². The Kier molecular flexibility index (Phi) is 10.6. The van der Waals surface area contributed by atoms with E-state index in [0.717, 1.165) is 10.9 Å². The maximum absolute atomic E-state index is 13.4. The van der Waals surface area contributed by atoms with Crippen LogP contribution in [0.1, 0.15) is 32.8 Å². The first-order valence-corrected chi connectivity index (χ1v) is 10.4. The third-order valence-corrected chi connectivity index (χ3v) is 4.84. The third kappa shape index (κ3) is 8.99. The smallest absolute Gasteiger partial charge is 0.244 e. The van der Waals surface area contributed by atoms with Crippen molar-refractivity contribution >= 4 is 28.5 Å². The Bertz CT molecular complexity index is 988. The van der Waals surface area contributed by atoms with E-state index in [0.29, 0.717) is 5.39 Å². The zero-order valence-electron chi connectivity index (χ0n) is 19.1. The molecule has 0 aliphatic rings. The summed E-state index contributed by atoms with van der Waals surface area (Å²) in [6, 6.07) is 8.74. The molecule has 0 fully saturated rings. The first-order valence-electron chi connectivity index (χ1n) is 10.4. The summed E-state index contributed by atoms with van der Waals surface area (Å²) < 4.78 is 13.4. The van der Waals surface area contributed by atoms with E-state index in [4.69, 9.17) is 16.0 Å². The maximum Gasteiger partial charge on any atom is 0.244 e. The molecule has 1 unspecified atom stereocenters. The van der Waals surface area contributed by atoms with Crippen LogP contribution >= 0.6 is 0 Å². The molecule has 8 nitrogen and oxygen atoms in total. The normalized spacial score (nSPS) is 12.7. The number of primary amides is 1. The number of nitrogens with one attached hydrogen (secondary N) is 2. The number of hydrogen-bond donors (Lipinski definition) is 5. The van der Waals surface area contributed by atoms with Gasteiger partial charge in [0.25, 0.3) is 0 Å². The van der Waals surface area contributed by atoms with Gasteiger partial charge in [0.1, 0.15) is 11.9 Å². The number of aliphatic hydroxyl groups excluding tert-OH is 1. The fourth-order valence-electron chi connectivity index (χ4n) is 3.18. The van der Waals surface area contributed by atoms with Gasteiger partial charge in [-0.2, -0.15) is 0 Å². The topological polar surface area (TPSA) is 142 Å². The number of amides is 3. The highest BCUT2D eigenvalue weighted by Crippen LogP contribution is 2.23. The molecule has 0 radical (unpaired) electrons. The van der Waals surface area contributed by atoms with Gasteiger partial charge in [-0.3, -0.25) is 19.6 Å². The zero-order chi connectivity index (χ0) is 25.2. The zero-order valence-corrected chi connectivity index (χ0v) is 19.1. The second-order valence-electron chi connectivity index (χ2n) is 8.65. The monoisotopic (exact) mass is 461 g/mol. The van der Waals surface area contributed by atoms with Gasteiger partial charge in [-0.1, -0.05) is 51.1 Å². The van der Waals surface area contributed by atoms with E-state index in [-0.39, 0.29) is 25.3 Å². The summed E-state index contributed by atoms with van der Waals surface area (Å²) in [5, 5.41) is 20.7. The van der Waals surface area contributed by atoms with Crippen LogP contribution in [0, 0.1) is 17.2 Å². The molecule has 2 aromatic carbocycles. The lowest BCUT2D eigenvalue weighted by atomic mass is 9.85. The number of hydrogen-bond acceptors (Lipinski definition) is 5. The van der Waals surface area contributed by atoms with Crippen molar-refractivity contribution in [1.29, 1.82) is 0 Å². The molecule has 0 saturated carbocycles. The molecule has 6 N–H and O–H groups in total. The summed E-state index contributed by atoms with van der Waals surface area (Å²) in [4.78, 5) is 36.3. The highest BCUT2D eigenvalue weighted by atomic mass is 19.1. The van der Waals surface area contributed by atoms with Crippen LogP contribution < -0.4 is 16.5 Å². The highest BCUT2D eigenvalue weighted by Gasteiger charge is 2.33. The van der Waals surface area contributed by atoms with Crippen molar-refractivity contribution < 1.29 is 29.1 Å². The summed E-state index contributed by atoms with van der Waals surface area (Å²) >= 11 is 0. The molecule has 2 aromatic rings. The SMILES string of the molecule is C=CCO.CC(C)(C)[C@H](NC(=O)C(CC(=O)NO)Cc1ccc2cc(F)ccc2c1)C(N)=O. The van der Waals surface area contributed by atoms with Gasteiger partial charge in [-0.15, -0.1) is 6.58 Å². The number of halogens is 1. The molecule has 0 aliphatic heterocycles. The van der Waals surface area contributed by atoms with Gasteiger partial charge in [0.05, 0.1) is 12.5 Å². The van der Waals surface area contributed by atoms with E-state index < -0.39 is 35.1 Å². The van der Waals surface area contributed by atoms with Gasteiger partial charge in [0, 0.05) is 6.42 Å². The molecule has 3 amide bonds. The number of fused-ring (bicyclic) bond motifs is 1. The van der Waals surface area contributed by atoms with E-state index in [2.05, 4.69) is 11.9 Å². The molecule has 0 bridgehead atoms. The lowest BCUT2D eigenvalue weighted by Crippen LogP contribution is -2.53. The summed E-state index contributed by atoms with van der Waals surface area (Å²) in [5.41, 5.74) is 7.09. The molecule has 0 saturated heterocycles. The van der Waals surface area contributed by atoms with E-state index in [1.165, 1.54) is 23.7 Å². The van der Waals surface area contributed by atoms with Crippen molar-refractivity contribution in [2.45, 2.75) is 39.7 Å². The second kappa shape index (κ2) is 12.7. The van der Waals surface area contributed by atoms with Gasteiger partial charge in [-0.25, -0.2) is 9.87 Å². The lowest BCUT2D eigenvalue weighted by Gasteiger charge is -2.30. The Morgan fingerprint density at radius 1 is 1.15 bits per heavy atom. The van der Waals surface area contributed by atoms with Crippen molar-refractivity contribution in [3.05, 3.63) is 60.4 Å². The molecule has 0 aliphatic carbocycles. The van der Waals surface area contributed by atoms with Gasteiger partial charge < -0.3 is 16.2 Å². The van der Waals surface area contributed by atoms with E-state index >= 15 is 0 Å². The Labute approximate surface area is 192 Å². The minimum absolute atomic E-state index is 0.0833. The Morgan fingerprint density at radius 2 is 1.73 bits per heavy atom. The average Bonchev–Trinajstić information content (AvgIpc) is 2.75. The van der Waals surface area contributed by atoms with E-state index in [9.17, 15) is 18.8 Å². The van der Waals surface area contributed by atoms with Crippen molar-refractivity contribution in [2.75, 3.05) is 6.61 Å². The standard InChI is InChI=1S/C21H26FN3O4.C3H6O/c1-21(2,3)18(19(23)27)24-20(28)15(11-17(26)25-29)9-12-4-5-14-10-16(22)7-6-13(14)8-12;1-2-3-4/h4-8,10,15,18,29H,9,11H2,1-3H3,(H2,23,27)(H,24,28)(H,25,26);2,4H,1,3H2/t15?,18-;/m1./s1. The number of carbonyl (C=O) groups is 3. The van der Waals surface area contributed by atoms with Crippen molar-refractivity contribution in [2.24, 2.45) is 17.1 Å². The van der Waals surface area contributed by atoms with Gasteiger partial charge in [0.15, 0.2) is 0 Å². The molecular weight excluding hydrogens is 429 g/mol. The molecule has 0 heterocycles. The van der Waals surface area contributed by atoms with Crippen LogP contribution in [0.4, 0.5) is 4.39 Å². The Morgan fingerprint density at radius 3 is 2.24 bits per heavy atom. The van der Waals surface area contributed by atoms with Crippen molar-refractivity contribution in [3.8, 4) is 0 Å². The van der Waals surface area contributed by atoms with Crippen LogP contribution in [0.2, 0.25) is 0 Å². The van der Waals surface area contributed by atoms with Crippen molar-refractivity contribution in [3.63, 3.8) is 0 Å². The minimum Gasteiger partial charge on any atom is -0.392 e. The number of aliphatic hydroxyl groups is 1. The Balaban J connectivity index is 0.00000125. The number of carbonyl (C=O) groups excluding carboxylic acids is 3. The van der Waals surface area contributed by atoms with Gasteiger partial charge >= 0.3 is 0 Å². The predicted octanol–water partition coefficient (Wildman–Crippen LogP) is 2.21. The number of hydroxylamine groups is 1. The number of benzene rings is 2. The fraction of sp³-hybridized carbons (Fsp3) is 0.375.